The van der Waals surface area contributed by atoms with Gasteiger partial charge >= 0.3 is 0 Å². The first-order valence-corrected chi connectivity index (χ1v) is 7.90. The average molecular weight is 299 g/mol. The summed E-state index contributed by atoms with van der Waals surface area (Å²) >= 11 is 0. The second-order valence-electron chi connectivity index (χ2n) is 5.18. The van der Waals surface area contributed by atoms with Crippen LogP contribution < -0.4 is 14.8 Å². The largest absolute Gasteiger partial charge is 0.494 e. The maximum Gasteiger partial charge on any atom is 0.119 e. The molecule has 1 atom stereocenters. The molecule has 2 aromatic rings. The number of rotatable bonds is 8. The van der Waals surface area contributed by atoms with Crippen molar-refractivity contribution in [3.8, 4) is 11.5 Å². The van der Waals surface area contributed by atoms with Gasteiger partial charge in [-0.25, -0.2) is 0 Å². The molecule has 118 valence electrons. The lowest BCUT2D eigenvalue weighted by Gasteiger charge is -2.15. The first kappa shape index (κ1) is 16.4. The Kier molecular flexibility index (Phi) is 6.28. The Morgan fingerprint density at radius 2 is 1.32 bits per heavy atom. The summed E-state index contributed by atoms with van der Waals surface area (Å²) < 4.78 is 10.9. The molecule has 0 aromatic heterocycles. The Balaban J connectivity index is 1.87. The summed E-state index contributed by atoms with van der Waals surface area (Å²) in [5.41, 5.74) is 2.51. The predicted molar refractivity (Wildman–Crippen MR) is 90.5 cm³/mol. The van der Waals surface area contributed by atoms with Crippen LogP contribution in [0.1, 0.15) is 37.9 Å². The van der Waals surface area contributed by atoms with Gasteiger partial charge in [-0.05, 0) is 56.2 Å². The van der Waals surface area contributed by atoms with Gasteiger partial charge in [-0.1, -0.05) is 24.3 Å². The van der Waals surface area contributed by atoms with E-state index in [1.165, 1.54) is 11.1 Å². The molecule has 0 aliphatic rings. The zero-order valence-corrected chi connectivity index (χ0v) is 13.6. The summed E-state index contributed by atoms with van der Waals surface area (Å²) in [4.78, 5) is 0. The van der Waals surface area contributed by atoms with Crippen LogP contribution in [-0.4, -0.2) is 13.2 Å². The van der Waals surface area contributed by atoms with Gasteiger partial charge in [-0.2, -0.15) is 0 Å². The van der Waals surface area contributed by atoms with Crippen LogP contribution in [0, 0.1) is 0 Å². The highest BCUT2D eigenvalue weighted by molar-refractivity contribution is 5.30. The van der Waals surface area contributed by atoms with Crippen LogP contribution >= 0.6 is 0 Å². The van der Waals surface area contributed by atoms with Gasteiger partial charge in [0.05, 0.1) is 13.2 Å². The van der Waals surface area contributed by atoms with Gasteiger partial charge in [-0.3, -0.25) is 0 Å². The molecule has 1 N–H and O–H groups in total. The number of nitrogens with one attached hydrogen (secondary N) is 1. The van der Waals surface area contributed by atoms with Crippen LogP contribution in [0.25, 0.3) is 0 Å². The number of benzene rings is 2. The molecule has 2 rings (SSSR count). The second-order valence-corrected chi connectivity index (χ2v) is 5.18. The van der Waals surface area contributed by atoms with Gasteiger partial charge in [0.1, 0.15) is 11.5 Å². The molecule has 0 spiro atoms. The van der Waals surface area contributed by atoms with Crippen molar-refractivity contribution in [1.82, 2.24) is 5.32 Å². The van der Waals surface area contributed by atoms with E-state index in [0.29, 0.717) is 19.3 Å². The van der Waals surface area contributed by atoms with Crippen molar-refractivity contribution in [2.24, 2.45) is 0 Å². The highest BCUT2D eigenvalue weighted by Crippen LogP contribution is 2.18. The molecule has 0 saturated carbocycles. The molecule has 0 radical (unpaired) electrons. The highest BCUT2D eigenvalue weighted by Gasteiger charge is 2.05. The minimum Gasteiger partial charge on any atom is -0.494 e. The Morgan fingerprint density at radius 1 is 0.818 bits per heavy atom. The minimum atomic E-state index is 0.294. The quantitative estimate of drug-likeness (QED) is 0.786. The van der Waals surface area contributed by atoms with Crippen LogP contribution in [-0.2, 0) is 6.54 Å². The molecule has 0 amide bonds. The molecule has 0 aliphatic carbocycles. The van der Waals surface area contributed by atoms with Crippen molar-refractivity contribution in [3.05, 3.63) is 59.7 Å². The topological polar surface area (TPSA) is 30.5 Å². The minimum absolute atomic E-state index is 0.294. The van der Waals surface area contributed by atoms with Crippen LogP contribution in [0.2, 0.25) is 0 Å². The van der Waals surface area contributed by atoms with Crippen LogP contribution in [0.3, 0.4) is 0 Å². The molecular weight excluding hydrogens is 274 g/mol. The molecule has 0 saturated heterocycles. The molecule has 0 aliphatic heterocycles. The standard InChI is InChI=1S/C19H25NO2/c1-4-21-18-10-6-16(7-11-18)14-20-15(3)17-8-12-19(13-9-17)22-5-2/h6-13,15,20H,4-5,14H2,1-3H3. The molecule has 3 heteroatoms. The van der Waals surface area contributed by atoms with Crippen molar-refractivity contribution < 1.29 is 9.47 Å². The summed E-state index contributed by atoms with van der Waals surface area (Å²) in [5, 5.41) is 3.54. The van der Waals surface area contributed by atoms with Crippen molar-refractivity contribution in [2.45, 2.75) is 33.4 Å². The average Bonchev–Trinajstić information content (AvgIpc) is 2.55. The SMILES string of the molecule is CCOc1ccc(CNC(C)c2ccc(OCC)cc2)cc1. The molecule has 0 bridgehead atoms. The third-order valence-corrected chi connectivity index (χ3v) is 3.54. The first-order valence-electron chi connectivity index (χ1n) is 7.90. The van der Waals surface area contributed by atoms with Gasteiger partial charge in [0.2, 0.25) is 0 Å². The Hall–Kier alpha value is -2.00. The van der Waals surface area contributed by atoms with Crippen molar-refractivity contribution in [2.75, 3.05) is 13.2 Å². The van der Waals surface area contributed by atoms with Gasteiger partial charge in [0, 0.05) is 12.6 Å². The summed E-state index contributed by atoms with van der Waals surface area (Å²) in [6, 6.07) is 16.8. The van der Waals surface area contributed by atoms with Gasteiger partial charge in [-0.15, -0.1) is 0 Å². The zero-order chi connectivity index (χ0) is 15.8. The maximum absolute atomic E-state index is 5.47. The van der Waals surface area contributed by atoms with E-state index < -0.39 is 0 Å². The first-order chi connectivity index (χ1) is 10.7. The maximum atomic E-state index is 5.47. The smallest absolute Gasteiger partial charge is 0.119 e. The zero-order valence-electron chi connectivity index (χ0n) is 13.6. The fourth-order valence-electron chi connectivity index (χ4n) is 2.28. The Bertz CT molecular complexity index is 549. The van der Waals surface area contributed by atoms with Gasteiger partial charge < -0.3 is 14.8 Å². The second kappa shape index (κ2) is 8.44. The number of hydrogen-bond acceptors (Lipinski definition) is 3. The normalized spacial score (nSPS) is 12.0. The Morgan fingerprint density at radius 3 is 1.82 bits per heavy atom. The van der Waals surface area contributed by atoms with E-state index in [-0.39, 0.29) is 0 Å². The highest BCUT2D eigenvalue weighted by atomic mass is 16.5. The lowest BCUT2D eigenvalue weighted by molar-refractivity contribution is 0.340. The lowest BCUT2D eigenvalue weighted by Crippen LogP contribution is -2.18. The lowest BCUT2D eigenvalue weighted by atomic mass is 10.1. The van der Waals surface area contributed by atoms with E-state index in [9.17, 15) is 0 Å². The molecule has 0 fully saturated rings. The fraction of sp³-hybridized carbons (Fsp3) is 0.368. The Labute approximate surface area is 133 Å². The van der Waals surface area contributed by atoms with Crippen LogP contribution in [0.4, 0.5) is 0 Å². The molecule has 22 heavy (non-hydrogen) atoms. The fourth-order valence-corrected chi connectivity index (χ4v) is 2.28. The molecule has 3 nitrogen and oxygen atoms in total. The predicted octanol–water partition coefficient (Wildman–Crippen LogP) is 4.33. The van der Waals surface area contributed by atoms with Gasteiger partial charge in [0.15, 0.2) is 0 Å². The van der Waals surface area contributed by atoms with E-state index in [2.05, 4.69) is 36.5 Å². The van der Waals surface area contributed by atoms with E-state index in [1.807, 2.05) is 38.1 Å². The third-order valence-electron chi connectivity index (χ3n) is 3.54. The number of ether oxygens (including phenoxy) is 2. The van der Waals surface area contributed by atoms with E-state index in [0.717, 1.165) is 18.0 Å². The van der Waals surface area contributed by atoms with Crippen LogP contribution in [0.15, 0.2) is 48.5 Å². The molecular formula is C19H25NO2. The number of hydrogen-bond donors (Lipinski definition) is 1. The van der Waals surface area contributed by atoms with E-state index in [1.54, 1.807) is 0 Å². The van der Waals surface area contributed by atoms with Crippen molar-refractivity contribution in [3.63, 3.8) is 0 Å². The summed E-state index contributed by atoms with van der Waals surface area (Å²) in [5.74, 6) is 1.84. The monoisotopic (exact) mass is 299 g/mol. The van der Waals surface area contributed by atoms with Gasteiger partial charge in [0.25, 0.3) is 0 Å². The third kappa shape index (κ3) is 4.78. The molecule has 0 heterocycles. The summed E-state index contributed by atoms with van der Waals surface area (Å²) in [7, 11) is 0. The summed E-state index contributed by atoms with van der Waals surface area (Å²) in [6.45, 7) is 8.39. The van der Waals surface area contributed by atoms with Crippen LogP contribution in [0.5, 0.6) is 11.5 Å². The van der Waals surface area contributed by atoms with E-state index in [4.69, 9.17) is 9.47 Å². The molecule has 2 aromatic carbocycles. The summed E-state index contributed by atoms with van der Waals surface area (Å²) in [6.07, 6.45) is 0. The molecule has 1 unspecified atom stereocenters. The van der Waals surface area contributed by atoms with Crippen molar-refractivity contribution >= 4 is 0 Å². The van der Waals surface area contributed by atoms with Crippen molar-refractivity contribution in [1.29, 1.82) is 0 Å². The van der Waals surface area contributed by atoms with E-state index >= 15 is 0 Å².